The molecular weight excluding hydrogens is 260 g/mol. The van der Waals surface area contributed by atoms with Gasteiger partial charge in [0.05, 0.1) is 11.0 Å². The van der Waals surface area contributed by atoms with E-state index < -0.39 is 10.9 Å². The summed E-state index contributed by atoms with van der Waals surface area (Å²) < 4.78 is 5.23. The average Bonchev–Trinajstić information content (AvgIpc) is 2.78. The molecule has 0 spiro atoms. The van der Waals surface area contributed by atoms with Crippen LogP contribution in [-0.2, 0) is 0 Å². The van der Waals surface area contributed by atoms with Crippen LogP contribution in [0.3, 0.4) is 0 Å². The Balaban J connectivity index is 2.20. The van der Waals surface area contributed by atoms with E-state index in [1.54, 1.807) is 0 Å². The summed E-state index contributed by atoms with van der Waals surface area (Å²) in [4.78, 5) is 24.6. The minimum atomic E-state index is -1.05. The van der Waals surface area contributed by atoms with Crippen LogP contribution in [0.4, 0.5) is 5.69 Å². The third-order valence-corrected chi connectivity index (χ3v) is 2.83. The summed E-state index contributed by atoms with van der Waals surface area (Å²) in [6.07, 6.45) is 1.25. The number of rotatable bonds is 4. The Morgan fingerprint density at radius 2 is 2.28 bits per heavy atom. The van der Waals surface area contributed by atoms with E-state index in [9.17, 15) is 14.9 Å². The second kappa shape index (κ2) is 4.80. The molecule has 92 valence electrons. The molecule has 2 aromatic heterocycles. The first-order valence-electron chi connectivity index (χ1n) is 4.66. The summed E-state index contributed by atoms with van der Waals surface area (Å²) in [5.74, 6) is -0.730. The van der Waals surface area contributed by atoms with Crippen molar-refractivity contribution in [2.45, 2.75) is 0 Å². The fraction of sp³-hybridized carbons (Fsp3) is 0. The quantitative estimate of drug-likeness (QED) is 0.673. The largest absolute Gasteiger partial charge is 0.477 e. The third-order valence-electron chi connectivity index (χ3n) is 1.94. The lowest BCUT2D eigenvalue weighted by Gasteiger charge is -2.00. The Hall–Kier alpha value is -2.48. The van der Waals surface area contributed by atoms with Crippen LogP contribution in [0.1, 0.15) is 9.67 Å². The van der Waals surface area contributed by atoms with Crippen molar-refractivity contribution in [3.8, 4) is 11.6 Å². The summed E-state index contributed by atoms with van der Waals surface area (Å²) in [6.45, 7) is 0. The molecule has 7 nitrogen and oxygen atoms in total. The summed E-state index contributed by atoms with van der Waals surface area (Å²) in [5.41, 5.74) is -0.145. The normalized spacial score (nSPS) is 10.0. The van der Waals surface area contributed by atoms with Crippen LogP contribution < -0.4 is 4.74 Å². The van der Waals surface area contributed by atoms with Gasteiger partial charge in [0, 0.05) is 23.7 Å². The minimum absolute atomic E-state index is 0.0407. The first kappa shape index (κ1) is 12.0. The minimum Gasteiger partial charge on any atom is -0.477 e. The SMILES string of the molecule is O=C(O)c1cc(Oc2cc([N+](=O)[O-])ccn2)cs1. The molecule has 0 aromatic carbocycles. The van der Waals surface area contributed by atoms with Gasteiger partial charge in [0.25, 0.3) is 5.69 Å². The van der Waals surface area contributed by atoms with Crippen molar-refractivity contribution in [1.82, 2.24) is 4.98 Å². The highest BCUT2D eigenvalue weighted by Crippen LogP contribution is 2.27. The van der Waals surface area contributed by atoms with E-state index in [0.717, 1.165) is 17.4 Å². The fourth-order valence-electron chi connectivity index (χ4n) is 1.17. The number of carboxylic acids is 1. The van der Waals surface area contributed by atoms with E-state index in [-0.39, 0.29) is 22.2 Å². The number of nitrogens with zero attached hydrogens (tertiary/aromatic N) is 2. The average molecular weight is 266 g/mol. The monoisotopic (exact) mass is 266 g/mol. The Morgan fingerprint density at radius 3 is 2.89 bits per heavy atom. The van der Waals surface area contributed by atoms with Crippen LogP contribution >= 0.6 is 11.3 Å². The molecule has 0 radical (unpaired) electrons. The second-order valence-electron chi connectivity index (χ2n) is 3.16. The summed E-state index contributed by atoms with van der Waals surface area (Å²) in [6, 6.07) is 3.73. The number of carboxylic acid groups (broad SMARTS) is 1. The molecule has 2 heterocycles. The number of nitro groups is 1. The molecule has 8 heteroatoms. The van der Waals surface area contributed by atoms with Gasteiger partial charge in [0.15, 0.2) is 0 Å². The van der Waals surface area contributed by atoms with Gasteiger partial charge in [-0.3, -0.25) is 10.1 Å². The van der Waals surface area contributed by atoms with Crippen molar-refractivity contribution >= 4 is 23.0 Å². The van der Waals surface area contributed by atoms with E-state index in [4.69, 9.17) is 9.84 Å². The molecule has 0 atom stereocenters. The van der Waals surface area contributed by atoms with Gasteiger partial charge < -0.3 is 9.84 Å². The van der Waals surface area contributed by atoms with E-state index in [2.05, 4.69) is 4.98 Å². The molecule has 2 aromatic rings. The third kappa shape index (κ3) is 2.61. The predicted molar refractivity (Wildman–Crippen MR) is 62.2 cm³/mol. The molecule has 0 aliphatic heterocycles. The van der Waals surface area contributed by atoms with Crippen molar-refractivity contribution in [2.75, 3.05) is 0 Å². The van der Waals surface area contributed by atoms with Gasteiger partial charge in [-0.1, -0.05) is 0 Å². The maximum Gasteiger partial charge on any atom is 0.346 e. The van der Waals surface area contributed by atoms with Gasteiger partial charge in [-0.2, -0.15) is 0 Å². The molecule has 0 amide bonds. The number of hydrogen-bond donors (Lipinski definition) is 1. The topological polar surface area (TPSA) is 103 Å². The van der Waals surface area contributed by atoms with Crippen LogP contribution in [0.25, 0.3) is 0 Å². The van der Waals surface area contributed by atoms with Crippen molar-refractivity contribution in [2.24, 2.45) is 0 Å². The lowest BCUT2D eigenvalue weighted by molar-refractivity contribution is -0.385. The van der Waals surface area contributed by atoms with Crippen LogP contribution in [0.5, 0.6) is 11.6 Å². The standard InChI is InChI=1S/C10H6N2O5S/c13-10(14)8-4-7(5-18-8)17-9-3-6(12(15)16)1-2-11-9/h1-5H,(H,13,14). The van der Waals surface area contributed by atoms with Crippen LogP contribution in [0.15, 0.2) is 29.8 Å². The molecule has 0 saturated heterocycles. The summed E-state index contributed by atoms with van der Waals surface area (Å²) >= 11 is 1.00. The van der Waals surface area contributed by atoms with E-state index >= 15 is 0 Å². The van der Waals surface area contributed by atoms with Crippen LogP contribution in [-0.4, -0.2) is 21.0 Å². The number of carbonyl (C=O) groups is 1. The molecule has 1 N–H and O–H groups in total. The van der Waals surface area contributed by atoms with Crippen molar-refractivity contribution < 1.29 is 19.6 Å². The number of pyridine rings is 1. The van der Waals surface area contributed by atoms with E-state index in [1.807, 2.05) is 0 Å². The molecule has 0 unspecified atom stereocenters. The number of aromatic carboxylic acids is 1. The Morgan fingerprint density at radius 1 is 1.50 bits per heavy atom. The Labute approximate surface area is 104 Å². The molecule has 2 rings (SSSR count). The van der Waals surface area contributed by atoms with Gasteiger partial charge in [-0.25, -0.2) is 9.78 Å². The predicted octanol–water partition coefficient (Wildman–Crippen LogP) is 2.54. The van der Waals surface area contributed by atoms with E-state index in [0.29, 0.717) is 0 Å². The van der Waals surface area contributed by atoms with Crippen molar-refractivity contribution in [1.29, 1.82) is 0 Å². The van der Waals surface area contributed by atoms with Crippen molar-refractivity contribution in [3.05, 3.63) is 44.8 Å². The lowest BCUT2D eigenvalue weighted by atomic mass is 10.4. The maximum atomic E-state index is 10.7. The number of thiophene rings is 1. The fourth-order valence-corrected chi connectivity index (χ4v) is 1.82. The molecule has 0 bridgehead atoms. The van der Waals surface area contributed by atoms with Gasteiger partial charge in [-0.05, 0) is 0 Å². The first-order chi connectivity index (χ1) is 8.56. The smallest absolute Gasteiger partial charge is 0.346 e. The number of hydrogen-bond acceptors (Lipinski definition) is 6. The van der Waals surface area contributed by atoms with Gasteiger partial charge in [0.1, 0.15) is 10.6 Å². The molecule has 0 aliphatic rings. The highest BCUT2D eigenvalue weighted by molar-refractivity contribution is 7.12. The van der Waals surface area contributed by atoms with Crippen LogP contribution in [0, 0.1) is 10.1 Å². The zero-order valence-electron chi connectivity index (χ0n) is 8.77. The van der Waals surface area contributed by atoms with Gasteiger partial charge in [-0.15, -0.1) is 11.3 Å². The van der Waals surface area contributed by atoms with E-state index in [1.165, 1.54) is 23.7 Å². The Kier molecular flexibility index (Phi) is 3.20. The zero-order chi connectivity index (χ0) is 13.1. The number of ether oxygens (including phenoxy) is 1. The lowest BCUT2D eigenvalue weighted by Crippen LogP contribution is -1.92. The van der Waals surface area contributed by atoms with Crippen molar-refractivity contribution in [3.63, 3.8) is 0 Å². The molecule has 0 saturated carbocycles. The second-order valence-corrected chi connectivity index (χ2v) is 4.07. The highest BCUT2D eigenvalue weighted by atomic mass is 32.1. The van der Waals surface area contributed by atoms with Gasteiger partial charge in [0.2, 0.25) is 5.88 Å². The van der Waals surface area contributed by atoms with Crippen LogP contribution in [0.2, 0.25) is 0 Å². The molecule has 18 heavy (non-hydrogen) atoms. The Bertz CT molecular complexity index is 610. The highest BCUT2D eigenvalue weighted by Gasteiger charge is 2.11. The first-order valence-corrected chi connectivity index (χ1v) is 5.54. The zero-order valence-corrected chi connectivity index (χ0v) is 9.59. The molecule has 0 fully saturated rings. The molecule has 0 aliphatic carbocycles. The summed E-state index contributed by atoms with van der Waals surface area (Å²) in [5, 5.41) is 20.8. The van der Waals surface area contributed by atoms with Gasteiger partial charge >= 0.3 is 5.97 Å². The number of aromatic nitrogens is 1. The summed E-state index contributed by atoms with van der Waals surface area (Å²) in [7, 11) is 0. The molecular formula is C10H6N2O5S. The maximum absolute atomic E-state index is 10.7.